The topological polar surface area (TPSA) is 34.9 Å². The fourth-order valence-corrected chi connectivity index (χ4v) is 1.19. The third kappa shape index (κ3) is 1.63. The molecule has 0 aliphatic carbocycles. The number of rotatable bonds is 1. The molecule has 0 bridgehead atoms. The Morgan fingerprint density at radius 3 is 2.60 bits per heavy atom. The van der Waals surface area contributed by atoms with Crippen molar-refractivity contribution in [3.63, 3.8) is 0 Å². The van der Waals surface area contributed by atoms with Crippen molar-refractivity contribution in [2.45, 2.75) is 0 Å². The minimum Gasteiger partial charge on any atom is -0.266 e. The monoisotopic (exact) mass is 208 g/mol. The van der Waals surface area contributed by atoms with Crippen LogP contribution in [0.15, 0.2) is 41.5 Å². The highest BCUT2D eigenvalue weighted by Gasteiger charge is 2.08. The Morgan fingerprint density at radius 1 is 1.13 bits per heavy atom. The molecule has 2 aromatic heterocycles. The standard InChI is InChI=1S/C10H6F2N2O/c11-7-3-1-5-13-9(7)14-6-2-4-8(12)10(14)15/h1-6H. The fraction of sp³-hybridized carbons (Fsp3) is 0. The summed E-state index contributed by atoms with van der Waals surface area (Å²) in [7, 11) is 0. The highest BCUT2D eigenvalue weighted by atomic mass is 19.1. The van der Waals surface area contributed by atoms with Crippen LogP contribution in [0.3, 0.4) is 0 Å². The molecule has 0 fully saturated rings. The number of nitrogens with zero attached hydrogens (tertiary/aromatic N) is 2. The second kappa shape index (κ2) is 3.61. The molecule has 0 spiro atoms. The van der Waals surface area contributed by atoms with Crippen LogP contribution < -0.4 is 5.56 Å². The van der Waals surface area contributed by atoms with Gasteiger partial charge in [-0.1, -0.05) is 0 Å². The van der Waals surface area contributed by atoms with Crippen molar-refractivity contribution < 1.29 is 8.78 Å². The number of hydrogen-bond acceptors (Lipinski definition) is 2. The molecule has 2 heterocycles. The number of pyridine rings is 2. The molecule has 0 atom stereocenters. The molecule has 2 aromatic rings. The molecule has 76 valence electrons. The lowest BCUT2D eigenvalue weighted by Gasteiger charge is -2.04. The lowest BCUT2D eigenvalue weighted by molar-refractivity contribution is 0.581. The lowest BCUT2D eigenvalue weighted by atomic mass is 10.4. The minimum absolute atomic E-state index is 0.206. The van der Waals surface area contributed by atoms with Gasteiger partial charge in [-0.15, -0.1) is 0 Å². The van der Waals surface area contributed by atoms with Gasteiger partial charge in [-0.05, 0) is 24.3 Å². The summed E-state index contributed by atoms with van der Waals surface area (Å²) in [5, 5.41) is 0. The van der Waals surface area contributed by atoms with Crippen LogP contribution in [0.2, 0.25) is 0 Å². The highest BCUT2D eigenvalue weighted by molar-refractivity contribution is 5.24. The van der Waals surface area contributed by atoms with Crippen molar-refractivity contribution in [1.29, 1.82) is 0 Å². The summed E-state index contributed by atoms with van der Waals surface area (Å²) in [6.07, 6.45) is 2.59. The number of halogens is 2. The summed E-state index contributed by atoms with van der Waals surface area (Å²) in [6.45, 7) is 0. The molecular weight excluding hydrogens is 202 g/mol. The maximum Gasteiger partial charge on any atom is 0.292 e. The minimum atomic E-state index is -0.942. The first-order valence-electron chi connectivity index (χ1n) is 4.18. The second-order valence-electron chi connectivity index (χ2n) is 2.84. The van der Waals surface area contributed by atoms with Crippen LogP contribution in [0.5, 0.6) is 0 Å². The SMILES string of the molecule is O=c1c(F)cccn1-c1ncccc1F. The summed E-state index contributed by atoms with van der Waals surface area (Å²) < 4.78 is 27.0. The first kappa shape index (κ1) is 9.51. The Morgan fingerprint density at radius 2 is 1.87 bits per heavy atom. The number of hydrogen-bond donors (Lipinski definition) is 0. The van der Waals surface area contributed by atoms with Crippen molar-refractivity contribution in [1.82, 2.24) is 9.55 Å². The van der Waals surface area contributed by atoms with Crippen molar-refractivity contribution in [2.75, 3.05) is 0 Å². The van der Waals surface area contributed by atoms with Crippen LogP contribution in [0, 0.1) is 11.6 Å². The second-order valence-corrected chi connectivity index (χ2v) is 2.84. The fourth-order valence-electron chi connectivity index (χ4n) is 1.19. The molecule has 15 heavy (non-hydrogen) atoms. The van der Waals surface area contributed by atoms with Gasteiger partial charge in [-0.25, -0.2) is 13.8 Å². The average molecular weight is 208 g/mol. The van der Waals surface area contributed by atoms with Gasteiger partial charge in [0.25, 0.3) is 5.56 Å². The molecule has 0 aromatic carbocycles. The Balaban J connectivity index is 2.70. The maximum absolute atomic E-state index is 13.2. The third-order valence-electron chi connectivity index (χ3n) is 1.87. The van der Waals surface area contributed by atoms with Crippen molar-refractivity contribution >= 4 is 0 Å². The lowest BCUT2D eigenvalue weighted by Crippen LogP contribution is -2.22. The van der Waals surface area contributed by atoms with Gasteiger partial charge < -0.3 is 0 Å². The first-order chi connectivity index (χ1) is 7.20. The van der Waals surface area contributed by atoms with E-state index in [9.17, 15) is 13.6 Å². The Labute approximate surface area is 83.6 Å². The molecule has 0 aliphatic heterocycles. The smallest absolute Gasteiger partial charge is 0.266 e. The van der Waals surface area contributed by atoms with Crippen molar-refractivity contribution in [3.05, 3.63) is 58.6 Å². The van der Waals surface area contributed by atoms with E-state index in [-0.39, 0.29) is 5.82 Å². The van der Waals surface area contributed by atoms with Gasteiger partial charge in [0.05, 0.1) is 0 Å². The van der Waals surface area contributed by atoms with E-state index in [0.717, 1.165) is 16.7 Å². The first-order valence-corrected chi connectivity index (χ1v) is 4.18. The van der Waals surface area contributed by atoms with Gasteiger partial charge in [0, 0.05) is 12.4 Å². The molecule has 0 amide bonds. The number of aromatic nitrogens is 2. The average Bonchev–Trinajstić information content (AvgIpc) is 2.23. The van der Waals surface area contributed by atoms with E-state index in [4.69, 9.17) is 0 Å². The van der Waals surface area contributed by atoms with Crippen LogP contribution in [-0.2, 0) is 0 Å². The highest BCUT2D eigenvalue weighted by Crippen LogP contribution is 2.06. The van der Waals surface area contributed by atoms with E-state index in [2.05, 4.69) is 4.98 Å². The quantitative estimate of drug-likeness (QED) is 0.712. The van der Waals surface area contributed by atoms with E-state index in [1.54, 1.807) is 0 Å². The van der Waals surface area contributed by atoms with Crippen LogP contribution in [0.4, 0.5) is 8.78 Å². The van der Waals surface area contributed by atoms with E-state index >= 15 is 0 Å². The molecule has 0 radical (unpaired) electrons. The molecule has 0 saturated carbocycles. The summed E-state index contributed by atoms with van der Waals surface area (Å²) in [6, 6.07) is 4.87. The predicted octanol–water partition coefficient (Wildman–Crippen LogP) is 1.51. The maximum atomic E-state index is 13.2. The summed E-state index contributed by atoms with van der Waals surface area (Å²) in [5.41, 5.74) is -0.921. The van der Waals surface area contributed by atoms with Gasteiger partial charge in [0.2, 0.25) is 0 Å². The third-order valence-corrected chi connectivity index (χ3v) is 1.87. The van der Waals surface area contributed by atoms with Gasteiger partial charge >= 0.3 is 0 Å². The van der Waals surface area contributed by atoms with Crippen molar-refractivity contribution in [2.24, 2.45) is 0 Å². The normalized spacial score (nSPS) is 10.3. The summed E-state index contributed by atoms with van der Waals surface area (Å²) in [5.74, 6) is -1.82. The zero-order valence-electron chi connectivity index (χ0n) is 7.52. The molecule has 0 unspecified atom stereocenters. The van der Waals surface area contributed by atoms with Crippen molar-refractivity contribution in [3.8, 4) is 5.82 Å². The zero-order chi connectivity index (χ0) is 10.8. The van der Waals surface area contributed by atoms with E-state index in [1.807, 2.05) is 0 Å². The molecule has 3 nitrogen and oxygen atoms in total. The molecule has 0 N–H and O–H groups in total. The Kier molecular flexibility index (Phi) is 2.29. The van der Waals surface area contributed by atoms with Crippen LogP contribution in [-0.4, -0.2) is 9.55 Å². The van der Waals surface area contributed by atoms with E-state index in [0.29, 0.717) is 0 Å². The zero-order valence-corrected chi connectivity index (χ0v) is 7.52. The van der Waals surface area contributed by atoms with E-state index in [1.165, 1.54) is 24.5 Å². The Hall–Kier alpha value is -2.04. The molecule has 0 saturated heterocycles. The summed E-state index contributed by atoms with van der Waals surface area (Å²) in [4.78, 5) is 15.0. The molecule has 2 rings (SSSR count). The van der Waals surface area contributed by atoms with E-state index < -0.39 is 17.2 Å². The van der Waals surface area contributed by atoms with Crippen LogP contribution in [0.1, 0.15) is 0 Å². The van der Waals surface area contributed by atoms with Gasteiger partial charge in [0.15, 0.2) is 17.5 Å². The predicted molar refractivity (Wildman–Crippen MR) is 49.8 cm³/mol. The van der Waals surface area contributed by atoms with Gasteiger partial charge in [-0.2, -0.15) is 0 Å². The van der Waals surface area contributed by atoms with Gasteiger partial charge in [0.1, 0.15) is 0 Å². The Bertz CT molecular complexity index is 551. The van der Waals surface area contributed by atoms with Crippen LogP contribution >= 0.6 is 0 Å². The molecular formula is C10H6F2N2O. The largest absolute Gasteiger partial charge is 0.292 e. The molecule has 5 heteroatoms. The van der Waals surface area contributed by atoms with Crippen LogP contribution in [0.25, 0.3) is 5.82 Å². The van der Waals surface area contributed by atoms with Gasteiger partial charge in [-0.3, -0.25) is 9.36 Å². The summed E-state index contributed by atoms with van der Waals surface area (Å²) >= 11 is 0. The molecule has 0 aliphatic rings.